The van der Waals surface area contributed by atoms with Crippen molar-refractivity contribution in [2.24, 2.45) is 5.10 Å². The summed E-state index contributed by atoms with van der Waals surface area (Å²) in [6.07, 6.45) is 1.57. The van der Waals surface area contributed by atoms with Crippen LogP contribution in [0.2, 0.25) is 0 Å². The molecule has 3 rings (SSSR count). The molecule has 1 aliphatic heterocycles. The lowest BCUT2D eigenvalue weighted by molar-refractivity contribution is 0.0816. The molecule has 78 valence electrons. The fourth-order valence-electron chi connectivity index (χ4n) is 1.90. The summed E-state index contributed by atoms with van der Waals surface area (Å²) in [4.78, 5) is 16.0. The van der Waals surface area contributed by atoms with E-state index in [9.17, 15) is 4.79 Å². The molecule has 0 spiro atoms. The first-order valence-electron chi connectivity index (χ1n) is 4.92. The first kappa shape index (κ1) is 9.03. The molecule has 1 aromatic heterocycles. The topological polar surface area (TPSA) is 45.6 Å². The van der Waals surface area contributed by atoms with Crippen molar-refractivity contribution in [1.82, 2.24) is 9.99 Å². The normalized spacial score (nSPS) is 14.1. The van der Waals surface area contributed by atoms with Crippen LogP contribution < -0.4 is 10.6 Å². The van der Waals surface area contributed by atoms with Crippen molar-refractivity contribution in [1.29, 1.82) is 0 Å². The molecule has 4 nitrogen and oxygen atoms in total. The van der Waals surface area contributed by atoms with Gasteiger partial charge in [-0.1, -0.05) is 24.8 Å². The Morgan fingerprint density at radius 2 is 2.19 bits per heavy atom. The minimum Gasteiger partial charge on any atom is -0.267 e. The minimum absolute atomic E-state index is 0.112. The van der Waals surface area contributed by atoms with E-state index in [0.717, 1.165) is 16.1 Å². The zero-order chi connectivity index (χ0) is 11.3. The Hall–Kier alpha value is -2.23. The Labute approximate surface area is 91.5 Å². The van der Waals surface area contributed by atoms with Crippen LogP contribution in [0.3, 0.4) is 0 Å². The van der Waals surface area contributed by atoms with Crippen LogP contribution >= 0.6 is 0 Å². The second-order valence-electron chi connectivity index (χ2n) is 3.76. The number of rotatable bonds is 0. The maximum absolute atomic E-state index is 11.7. The van der Waals surface area contributed by atoms with E-state index in [2.05, 4.69) is 16.7 Å². The van der Waals surface area contributed by atoms with E-state index in [-0.39, 0.29) is 5.91 Å². The van der Waals surface area contributed by atoms with E-state index >= 15 is 0 Å². The predicted octanol–water partition coefficient (Wildman–Crippen LogP) is 0.265. The van der Waals surface area contributed by atoms with Crippen LogP contribution in [0.1, 0.15) is 10.4 Å². The summed E-state index contributed by atoms with van der Waals surface area (Å²) in [6.45, 7) is 3.91. The third-order valence-corrected chi connectivity index (χ3v) is 2.73. The molecule has 0 aliphatic carbocycles. The van der Waals surface area contributed by atoms with Gasteiger partial charge < -0.3 is 0 Å². The van der Waals surface area contributed by atoms with Gasteiger partial charge in [-0.2, -0.15) is 5.10 Å². The Morgan fingerprint density at radius 1 is 1.38 bits per heavy atom. The number of fused-ring (bicyclic) bond motifs is 3. The number of pyridine rings is 1. The van der Waals surface area contributed by atoms with Gasteiger partial charge in [0.25, 0.3) is 5.91 Å². The first-order valence-corrected chi connectivity index (χ1v) is 4.92. The number of benzene rings is 1. The summed E-state index contributed by atoms with van der Waals surface area (Å²) in [7, 11) is 1.64. The van der Waals surface area contributed by atoms with E-state index in [1.54, 1.807) is 13.2 Å². The number of amides is 1. The molecule has 0 unspecified atom stereocenters. The van der Waals surface area contributed by atoms with Gasteiger partial charge in [-0.25, -0.2) is 5.01 Å². The van der Waals surface area contributed by atoms with Gasteiger partial charge in [-0.05, 0) is 5.22 Å². The van der Waals surface area contributed by atoms with Gasteiger partial charge in [0.2, 0.25) is 0 Å². The highest BCUT2D eigenvalue weighted by Gasteiger charge is 2.21. The number of hydrogen-bond acceptors (Lipinski definition) is 3. The molecule has 4 heteroatoms. The summed E-state index contributed by atoms with van der Waals surface area (Å²) in [5.74, 6) is -0.112. The van der Waals surface area contributed by atoms with Crippen LogP contribution in [0.4, 0.5) is 0 Å². The molecular weight excluding hydrogens is 202 g/mol. The number of carbonyl (C=O) groups is 1. The Morgan fingerprint density at radius 3 is 3.00 bits per heavy atom. The minimum atomic E-state index is -0.112. The summed E-state index contributed by atoms with van der Waals surface area (Å²) in [5.41, 5.74) is 1.36. The van der Waals surface area contributed by atoms with E-state index in [1.807, 2.05) is 18.2 Å². The van der Waals surface area contributed by atoms with E-state index < -0.39 is 0 Å². The average molecular weight is 211 g/mol. The number of carbonyl (C=O) groups excluding carboxylic acids is 1. The van der Waals surface area contributed by atoms with E-state index in [0.29, 0.717) is 10.9 Å². The highest BCUT2D eigenvalue weighted by Crippen LogP contribution is 2.09. The lowest BCUT2D eigenvalue weighted by atomic mass is 10.1. The molecule has 16 heavy (non-hydrogen) atoms. The lowest BCUT2D eigenvalue weighted by Gasteiger charge is -2.00. The third-order valence-electron chi connectivity index (χ3n) is 2.73. The quantitative estimate of drug-likeness (QED) is 0.627. The number of aromatic nitrogens is 1. The molecule has 2 aromatic rings. The zero-order valence-electron chi connectivity index (χ0n) is 8.77. The Kier molecular flexibility index (Phi) is 1.63. The Bertz CT molecular complexity index is 721. The van der Waals surface area contributed by atoms with Crippen molar-refractivity contribution in [3.8, 4) is 0 Å². The SMILES string of the molecule is C=c1cccc2c3c(cnc12)C(=O)N(C)N=3. The smallest absolute Gasteiger partial charge is 0.267 e. The molecule has 1 amide bonds. The fourth-order valence-corrected chi connectivity index (χ4v) is 1.90. The fraction of sp³-hybridized carbons (Fsp3) is 0.0833. The van der Waals surface area contributed by atoms with Gasteiger partial charge in [0.1, 0.15) is 5.36 Å². The highest BCUT2D eigenvalue weighted by molar-refractivity contribution is 5.98. The van der Waals surface area contributed by atoms with Crippen LogP contribution in [-0.4, -0.2) is 22.9 Å². The molecular formula is C12H9N3O. The summed E-state index contributed by atoms with van der Waals surface area (Å²) in [6, 6.07) is 5.69. The molecule has 0 bridgehead atoms. The van der Waals surface area contributed by atoms with Gasteiger partial charge in [-0.15, -0.1) is 0 Å². The molecule has 1 aliphatic rings. The van der Waals surface area contributed by atoms with Crippen LogP contribution in [0, 0.1) is 0 Å². The van der Waals surface area contributed by atoms with Crippen molar-refractivity contribution in [2.75, 3.05) is 7.05 Å². The highest BCUT2D eigenvalue weighted by atomic mass is 16.2. The second-order valence-corrected chi connectivity index (χ2v) is 3.76. The molecule has 0 saturated heterocycles. The molecule has 0 saturated carbocycles. The van der Waals surface area contributed by atoms with Gasteiger partial charge in [0, 0.05) is 18.6 Å². The van der Waals surface area contributed by atoms with Gasteiger partial charge in [-0.3, -0.25) is 9.78 Å². The first-order chi connectivity index (χ1) is 7.68. The average Bonchev–Trinajstić information content (AvgIpc) is 2.56. The van der Waals surface area contributed by atoms with Gasteiger partial charge in [0.15, 0.2) is 0 Å². The second kappa shape index (κ2) is 2.88. The van der Waals surface area contributed by atoms with Crippen molar-refractivity contribution >= 4 is 23.4 Å². The molecule has 0 radical (unpaired) electrons. The standard InChI is InChI=1S/C12H9N3O/c1-7-4-3-5-8-10(7)13-6-9-11(8)14-15(2)12(9)16/h3-6H,1H2,2H3. The summed E-state index contributed by atoms with van der Waals surface area (Å²) >= 11 is 0. The lowest BCUT2D eigenvalue weighted by Crippen LogP contribution is -2.17. The molecule has 0 fully saturated rings. The molecule has 0 N–H and O–H groups in total. The predicted molar refractivity (Wildman–Crippen MR) is 60.1 cm³/mol. The van der Waals surface area contributed by atoms with E-state index in [4.69, 9.17) is 0 Å². The van der Waals surface area contributed by atoms with Crippen LogP contribution in [0.15, 0.2) is 29.5 Å². The molecule has 1 aromatic carbocycles. The summed E-state index contributed by atoms with van der Waals surface area (Å²) in [5, 5.41) is 7.97. The largest absolute Gasteiger partial charge is 0.277 e. The van der Waals surface area contributed by atoms with Gasteiger partial charge >= 0.3 is 0 Å². The maximum atomic E-state index is 11.7. The molecule has 2 heterocycles. The van der Waals surface area contributed by atoms with Crippen LogP contribution in [0.25, 0.3) is 17.5 Å². The van der Waals surface area contributed by atoms with Crippen molar-refractivity contribution in [3.63, 3.8) is 0 Å². The maximum Gasteiger partial charge on any atom is 0.277 e. The number of para-hydroxylation sites is 1. The van der Waals surface area contributed by atoms with Crippen molar-refractivity contribution < 1.29 is 4.79 Å². The van der Waals surface area contributed by atoms with Crippen molar-refractivity contribution in [2.45, 2.75) is 0 Å². The molecule has 0 atom stereocenters. The van der Waals surface area contributed by atoms with Gasteiger partial charge in [0.05, 0.1) is 11.1 Å². The third kappa shape index (κ3) is 1.01. The number of hydrogen-bond donors (Lipinski definition) is 0. The monoisotopic (exact) mass is 211 g/mol. The van der Waals surface area contributed by atoms with Crippen LogP contribution in [0.5, 0.6) is 0 Å². The Balaban J connectivity index is 2.56. The summed E-state index contributed by atoms with van der Waals surface area (Å²) < 4.78 is 0. The van der Waals surface area contributed by atoms with Crippen LogP contribution in [-0.2, 0) is 0 Å². The number of nitrogens with zero attached hydrogens (tertiary/aromatic N) is 3. The van der Waals surface area contributed by atoms with E-state index in [1.165, 1.54) is 5.01 Å². The zero-order valence-corrected chi connectivity index (χ0v) is 8.77. The van der Waals surface area contributed by atoms with Crippen molar-refractivity contribution in [3.05, 3.63) is 40.5 Å².